The number of aromatic nitrogens is 4. The molecule has 0 aliphatic carbocycles. The number of alkyl halides is 3. The number of para-hydroxylation sites is 2. The molecule has 0 bridgehead atoms. The Bertz CT molecular complexity index is 1590. The number of thioether (sulfide) groups is 1. The number of methoxy groups -OCH3 is 1. The van der Waals surface area contributed by atoms with Crippen molar-refractivity contribution in [1.29, 1.82) is 0 Å². The number of rotatable bonds is 6. The predicted octanol–water partition coefficient (Wildman–Crippen LogP) is 5.41. The van der Waals surface area contributed by atoms with E-state index in [1.807, 2.05) is 30.3 Å². The first-order chi connectivity index (χ1) is 16.9. The molecular formula is C25H19F3N4O2S. The zero-order valence-electron chi connectivity index (χ0n) is 18.5. The third kappa shape index (κ3) is 4.37. The first-order valence-corrected chi connectivity index (χ1v) is 11.6. The van der Waals surface area contributed by atoms with E-state index in [4.69, 9.17) is 4.74 Å². The first kappa shape index (κ1) is 23.0. The molecule has 0 spiro atoms. The number of halogens is 3. The Morgan fingerprint density at radius 3 is 2.54 bits per heavy atom. The minimum atomic E-state index is -4.41. The summed E-state index contributed by atoms with van der Waals surface area (Å²) in [5, 5.41) is 9.52. The molecule has 178 valence electrons. The van der Waals surface area contributed by atoms with Gasteiger partial charge in [-0.2, -0.15) is 13.2 Å². The summed E-state index contributed by atoms with van der Waals surface area (Å²) in [6.07, 6.45) is -4.41. The van der Waals surface area contributed by atoms with E-state index in [0.29, 0.717) is 33.1 Å². The minimum absolute atomic E-state index is 0.216. The topological polar surface area (TPSA) is 61.4 Å². The van der Waals surface area contributed by atoms with Gasteiger partial charge in [0.1, 0.15) is 5.75 Å². The van der Waals surface area contributed by atoms with E-state index in [9.17, 15) is 18.0 Å². The number of nitrogens with zero attached hydrogens (tertiary/aromatic N) is 4. The Labute approximate surface area is 202 Å². The zero-order valence-corrected chi connectivity index (χ0v) is 19.3. The Morgan fingerprint density at radius 2 is 1.74 bits per heavy atom. The van der Waals surface area contributed by atoms with Gasteiger partial charge in [0.05, 0.1) is 30.1 Å². The van der Waals surface area contributed by atoms with Crippen LogP contribution >= 0.6 is 11.8 Å². The fourth-order valence-corrected chi connectivity index (χ4v) is 4.84. The van der Waals surface area contributed by atoms with E-state index in [1.165, 1.54) is 22.4 Å². The maximum absolute atomic E-state index is 13.4. The first-order valence-electron chi connectivity index (χ1n) is 10.6. The van der Waals surface area contributed by atoms with Crippen LogP contribution in [-0.4, -0.2) is 26.3 Å². The van der Waals surface area contributed by atoms with E-state index in [0.717, 1.165) is 17.7 Å². The van der Waals surface area contributed by atoms with Gasteiger partial charge in [-0.15, -0.1) is 10.2 Å². The van der Waals surface area contributed by atoms with Gasteiger partial charge in [-0.25, -0.2) is 0 Å². The van der Waals surface area contributed by atoms with Gasteiger partial charge in [0.25, 0.3) is 5.56 Å². The van der Waals surface area contributed by atoms with Gasteiger partial charge in [-0.1, -0.05) is 60.3 Å². The molecule has 0 fully saturated rings. The molecule has 5 rings (SSSR count). The highest BCUT2D eigenvalue weighted by atomic mass is 32.2. The molecule has 35 heavy (non-hydrogen) atoms. The highest BCUT2D eigenvalue weighted by Crippen LogP contribution is 2.31. The highest BCUT2D eigenvalue weighted by Gasteiger charge is 2.30. The van der Waals surface area contributed by atoms with Crippen LogP contribution in [0.25, 0.3) is 16.7 Å². The second kappa shape index (κ2) is 9.10. The summed E-state index contributed by atoms with van der Waals surface area (Å²) < 4.78 is 48.1. The van der Waals surface area contributed by atoms with E-state index in [1.54, 1.807) is 35.8 Å². The molecule has 2 aromatic heterocycles. The lowest BCUT2D eigenvalue weighted by Crippen LogP contribution is -2.24. The molecule has 6 nitrogen and oxygen atoms in total. The van der Waals surface area contributed by atoms with Crippen LogP contribution in [0.2, 0.25) is 0 Å². The van der Waals surface area contributed by atoms with Crippen molar-refractivity contribution in [2.45, 2.75) is 23.6 Å². The molecule has 0 aliphatic rings. The number of hydrogen-bond donors (Lipinski definition) is 0. The Balaban J connectivity index is 1.59. The smallest absolute Gasteiger partial charge is 0.416 e. The minimum Gasteiger partial charge on any atom is -0.496 e. The average Bonchev–Trinajstić information content (AvgIpc) is 3.29. The Morgan fingerprint density at radius 1 is 0.971 bits per heavy atom. The molecule has 10 heteroatoms. The van der Waals surface area contributed by atoms with Gasteiger partial charge in [-0.05, 0) is 29.8 Å². The molecule has 3 aromatic carbocycles. The van der Waals surface area contributed by atoms with Crippen molar-refractivity contribution in [3.8, 4) is 5.75 Å². The van der Waals surface area contributed by atoms with Crippen LogP contribution in [0.1, 0.15) is 16.7 Å². The summed E-state index contributed by atoms with van der Waals surface area (Å²) in [5.74, 6) is 1.24. The lowest BCUT2D eigenvalue weighted by molar-refractivity contribution is -0.137. The molecule has 0 amide bonds. The monoisotopic (exact) mass is 496 g/mol. The zero-order chi connectivity index (χ0) is 24.6. The second-order valence-corrected chi connectivity index (χ2v) is 8.77. The molecule has 0 aliphatic heterocycles. The second-order valence-electron chi connectivity index (χ2n) is 7.83. The van der Waals surface area contributed by atoms with Crippen LogP contribution in [0, 0.1) is 0 Å². The van der Waals surface area contributed by atoms with E-state index < -0.39 is 11.7 Å². The van der Waals surface area contributed by atoms with Crippen LogP contribution in [-0.2, 0) is 18.5 Å². The van der Waals surface area contributed by atoms with Gasteiger partial charge in [-0.3, -0.25) is 13.8 Å². The van der Waals surface area contributed by atoms with E-state index >= 15 is 0 Å². The maximum atomic E-state index is 13.4. The maximum Gasteiger partial charge on any atom is 0.416 e. The molecule has 0 saturated carbocycles. The van der Waals surface area contributed by atoms with Crippen LogP contribution in [0.3, 0.4) is 0 Å². The molecule has 0 saturated heterocycles. The van der Waals surface area contributed by atoms with Gasteiger partial charge >= 0.3 is 6.18 Å². The van der Waals surface area contributed by atoms with Crippen molar-refractivity contribution in [3.05, 3.63) is 99.8 Å². The lowest BCUT2D eigenvalue weighted by atomic mass is 10.1. The summed E-state index contributed by atoms with van der Waals surface area (Å²) >= 11 is 1.25. The number of hydrogen-bond acceptors (Lipinski definition) is 5. The highest BCUT2D eigenvalue weighted by molar-refractivity contribution is 7.98. The lowest BCUT2D eigenvalue weighted by Gasteiger charge is -2.13. The Hall–Kier alpha value is -3.79. The summed E-state index contributed by atoms with van der Waals surface area (Å²) in [7, 11) is 1.57. The van der Waals surface area contributed by atoms with E-state index in [-0.39, 0.29) is 17.9 Å². The fraction of sp³-hybridized carbons (Fsp3) is 0.160. The van der Waals surface area contributed by atoms with Gasteiger partial charge in [0.2, 0.25) is 5.78 Å². The van der Waals surface area contributed by atoms with Crippen molar-refractivity contribution in [2.75, 3.05) is 7.11 Å². The van der Waals surface area contributed by atoms with Gasteiger partial charge in [0.15, 0.2) is 5.16 Å². The largest absolute Gasteiger partial charge is 0.496 e. The van der Waals surface area contributed by atoms with Crippen molar-refractivity contribution in [1.82, 2.24) is 19.2 Å². The SMILES string of the molecule is COc1ccccc1Cn1c(=O)c2ccccc2n2c(SCc3cccc(C(F)(F)F)c3)nnc12. The predicted molar refractivity (Wildman–Crippen MR) is 128 cm³/mol. The number of benzene rings is 3. The summed E-state index contributed by atoms with van der Waals surface area (Å²) in [5.41, 5.74) is 1.02. The van der Waals surface area contributed by atoms with Crippen molar-refractivity contribution in [3.63, 3.8) is 0 Å². The molecule has 5 aromatic rings. The van der Waals surface area contributed by atoms with Gasteiger partial charge < -0.3 is 4.74 Å². The molecule has 0 N–H and O–H groups in total. The molecule has 2 heterocycles. The van der Waals surface area contributed by atoms with Crippen molar-refractivity contribution >= 4 is 28.4 Å². The third-order valence-electron chi connectivity index (χ3n) is 5.62. The van der Waals surface area contributed by atoms with Crippen molar-refractivity contribution in [2.24, 2.45) is 0 Å². The molecule has 0 unspecified atom stereocenters. The standard InChI is InChI=1S/C25H19F3N4O2S/c1-34-21-12-5-2-8-17(21)14-31-22(33)19-10-3-4-11-20(19)32-23(31)29-30-24(32)35-15-16-7-6-9-18(13-16)25(26,27)28/h2-13H,14-15H2,1H3. The number of fused-ring (bicyclic) bond motifs is 3. The summed E-state index contributed by atoms with van der Waals surface area (Å²) in [6, 6.07) is 19.7. The fourth-order valence-electron chi connectivity index (χ4n) is 3.96. The summed E-state index contributed by atoms with van der Waals surface area (Å²) in [6.45, 7) is 0.216. The quantitative estimate of drug-likeness (QED) is 0.294. The number of ether oxygens (including phenoxy) is 1. The Kier molecular flexibility index (Phi) is 5.98. The van der Waals surface area contributed by atoms with E-state index in [2.05, 4.69) is 10.2 Å². The van der Waals surface area contributed by atoms with Crippen LogP contribution < -0.4 is 10.3 Å². The third-order valence-corrected chi connectivity index (χ3v) is 6.62. The molecular weight excluding hydrogens is 477 g/mol. The van der Waals surface area contributed by atoms with Crippen LogP contribution in [0.15, 0.2) is 82.7 Å². The molecule has 0 atom stereocenters. The normalized spacial score (nSPS) is 11.9. The van der Waals surface area contributed by atoms with Crippen LogP contribution in [0.4, 0.5) is 13.2 Å². The average molecular weight is 497 g/mol. The van der Waals surface area contributed by atoms with Crippen molar-refractivity contribution < 1.29 is 17.9 Å². The summed E-state index contributed by atoms with van der Waals surface area (Å²) in [4.78, 5) is 13.4. The van der Waals surface area contributed by atoms with Crippen LogP contribution in [0.5, 0.6) is 5.75 Å². The van der Waals surface area contributed by atoms with Gasteiger partial charge in [0, 0.05) is 11.3 Å². The molecule has 0 radical (unpaired) electrons.